The predicted molar refractivity (Wildman–Crippen MR) is 114 cm³/mol. The summed E-state index contributed by atoms with van der Waals surface area (Å²) in [6.45, 7) is 3.75. The van der Waals surface area contributed by atoms with Crippen molar-refractivity contribution in [1.29, 1.82) is 0 Å². The smallest absolute Gasteiger partial charge is 0.343 e. The number of hydrogen-bond acceptors (Lipinski definition) is 11. The Morgan fingerprint density at radius 1 is 1.19 bits per heavy atom. The fourth-order valence-electron chi connectivity index (χ4n) is 3.40. The first-order valence-electron chi connectivity index (χ1n) is 9.85. The number of hydrogen-bond donors (Lipinski definition) is 1. The summed E-state index contributed by atoms with van der Waals surface area (Å²) >= 11 is 1.42. The molecule has 1 saturated heterocycles. The van der Waals surface area contributed by atoms with Crippen molar-refractivity contribution in [2.24, 2.45) is 7.05 Å². The number of rotatable bonds is 7. The second-order valence-electron chi connectivity index (χ2n) is 7.21. The molecule has 13 nitrogen and oxygen atoms in total. The Labute approximate surface area is 182 Å². The van der Waals surface area contributed by atoms with Crippen LogP contribution in [-0.2, 0) is 19.3 Å². The van der Waals surface area contributed by atoms with E-state index in [2.05, 4.69) is 35.0 Å². The van der Waals surface area contributed by atoms with Gasteiger partial charge in [-0.3, -0.25) is 0 Å². The Bertz CT molecular complexity index is 1090. The first-order chi connectivity index (χ1) is 14.9. The number of nitrogen functional groups attached to an aromatic ring is 1. The average Bonchev–Trinajstić information content (AvgIpc) is 3.30. The lowest BCUT2D eigenvalue weighted by atomic mass is 10.1. The summed E-state index contributed by atoms with van der Waals surface area (Å²) in [7, 11) is 1.82. The minimum atomic E-state index is -0.461. The first-order valence-corrected chi connectivity index (χ1v) is 10.8. The molecule has 0 aliphatic carbocycles. The van der Waals surface area contributed by atoms with Crippen molar-refractivity contribution in [2.45, 2.75) is 43.6 Å². The van der Waals surface area contributed by atoms with Crippen molar-refractivity contribution in [2.75, 3.05) is 23.7 Å². The number of thioether (sulfide) groups is 1. The SMILES string of the molecule is Cc1ncc([N+](=O)[O-])n1Cc1nnc(SCc2nc(N)nc(N3CCCCC3)n2)n1C. The van der Waals surface area contributed by atoms with Gasteiger partial charge in [-0.1, -0.05) is 11.8 Å². The quantitative estimate of drug-likeness (QED) is 0.317. The maximum atomic E-state index is 11.2. The van der Waals surface area contributed by atoms with Crippen molar-refractivity contribution < 1.29 is 4.92 Å². The largest absolute Gasteiger partial charge is 0.368 e. The first kappa shape index (κ1) is 21.0. The number of nitro groups is 1. The molecule has 0 unspecified atom stereocenters. The molecular formula is C17H23N11O2S. The number of imidazole rings is 1. The highest BCUT2D eigenvalue weighted by molar-refractivity contribution is 7.98. The maximum Gasteiger partial charge on any atom is 0.343 e. The van der Waals surface area contributed by atoms with Gasteiger partial charge in [-0.2, -0.15) is 15.0 Å². The van der Waals surface area contributed by atoms with Gasteiger partial charge in [0.25, 0.3) is 0 Å². The van der Waals surface area contributed by atoms with E-state index >= 15 is 0 Å². The monoisotopic (exact) mass is 445 g/mol. The molecule has 0 spiro atoms. The van der Waals surface area contributed by atoms with Crippen LogP contribution in [0, 0.1) is 17.0 Å². The van der Waals surface area contributed by atoms with Gasteiger partial charge < -0.3 is 25.3 Å². The van der Waals surface area contributed by atoms with E-state index in [1.807, 2.05) is 7.05 Å². The second kappa shape index (κ2) is 8.83. The van der Waals surface area contributed by atoms with E-state index in [-0.39, 0.29) is 18.3 Å². The Balaban J connectivity index is 1.47. The summed E-state index contributed by atoms with van der Waals surface area (Å²) in [4.78, 5) is 30.0. The van der Waals surface area contributed by atoms with Crippen LogP contribution >= 0.6 is 11.8 Å². The molecule has 164 valence electrons. The third-order valence-electron chi connectivity index (χ3n) is 5.10. The number of nitrogens with zero attached hydrogens (tertiary/aromatic N) is 10. The molecule has 31 heavy (non-hydrogen) atoms. The van der Waals surface area contributed by atoms with E-state index < -0.39 is 4.92 Å². The van der Waals surface area contributed by atoms with Crippen LogP contribution < -0.4 is 10.6 Å². The Morgan fingerprint density at radius 3 is 2.71 bits per heavy atom. The van der Waals surface area contributed by atoms with Gasteiger partial charge in [-0.05, 0) is 24.2 Å². The van der Waals surface area contributed by atoms with E-state index in [0.717, 1.165) is 25.9 Å². The zero-order valence-electron chi connectivity index (χ0n) is 17.3. The predicted octanol–water partition coefficient (Wildman–Crippen LogP) is 1.33. The maximum absolute atomic E-state index is 11.2. The Morgan fingerprint density at radius 2 is 1.97 bits per heavy atom. The number of nitrogens with two attached hydrogens (primary N) is 1. The number of aromatic nitrogens is 8. The molecule has 3 aromatic rings. The molecule has 4 rings (SSSR count). The Kier molecular flexibility index (Phi) is 5.97. The van der Waals surface area contributed by atoms with Crippen LogP contribution in [-0.4, -0.2) is 57.3 Å². The van der Waals surface area contributed by atoms with Crippen molar-refractivity contribution >= 4 is 29.5 Å². The van der Waals surface area contributed by atoms with E-state index in [0.29, 0.717) is 34.3 Å². The number of aryl methyl sites for hydroxylation is 1. The molecule has 1 aliphatic heterocycles. The Hall–Kier alpha value is -3.29. The molecule has 1 fully saturated rings. The van der Waals surface area contributed by atoms with Crippen molar-refractivity contribution in [3.63, 3.8) is 0 Å². The molecule has 4 heterocycles. The van der Waals surface area contributed by atoms with E-state index in [9.17, 15) is 10.1 Å². The van der Waals surface area contributed by atoms with Crippen molar-refractivity contribution in [3.8, 4) is 0 Å². The highest BCUT2D eigenvalue weighted by Crippen LogP contribution is 2.23. The summed E-state index contributed by atoms with van der Waals surface area (Å²) in [5, 5.41) is 20.3. The van der Waals surface area contributed by atoms with Gasteiger partial charge in [0.1, 0.15) is 12.0 Å². The molecular weight excluding hydrogens is 422 g/mol. The zero-order valence-corrected chi connectivity index (χ0v) is 18.1. The van der Waals surface area contributed by atoms with Crippen LogP contribution in [0.4, 0.5) is 17.7 Å². The summed E-state index contributed by atoms with van der Waals surface area (Å²) < 4.78 is 3.29. The molecule has 2 N–H and O–H groups in total. The molecule has 0 radical (unpaired) electrons. The third kappa shape index (κ3) is 4.57. The summed E-state index contributed by atoms with van der Waals surface area (Å²) in [5.74, 6) is 2.87. The highest BCUT2D eigenvalue weighted by Gasteiger charge is 2.21. The molecule has 0 aromatic carbocycles. The molecule has 1 aliphatic rings. The van der Waals surface area contributed by atoms with E-state index in [1.165, 1.54) is 28.9 Å². The fourth-order valence-corrected chi connectivity index (χ4v) is 4.19. The lowest BCUT2D eigenvalue weighted by molar-refractivity contribution is -0.392. The van der Waals surface area contributed by atoms with Gasteiger partial charge in [-0.25, -0.2) is 9.55 Å². The normalized spacial score (nSPS) is 14.2. The fraction of sp³-hybridized carbons (Fsp3) is 0.529. The molecule has 14 heteroatoms. The van der Waals surface area contributed by atoms with Crippen molar-refractivity contribution in [3.05, 3.63) is 33.8 Å². The zero-order chi connectivity index (χ0) is 22.0. The van der Waals surface area contributed by atoms with Gasteiger partial charge in [0.15, 0.2) is 23.4 Å². The van der Waals surface area contributed by atoms with Gasteiger partial charge in [0, 0.05) is 27.1 Å². The van der Waals surface area contributed by atoms with Crippen LogP contribution in [0.1, 0.15) is 36.7 Å². The topological polar surface area (TPSA) is 160 Å². The van der Waals surface area contributed by atoms with E-state index in [1.54, 1.807) is 11.5 Å². The standard InChI is InChI=1S/C17H23N11O2S/c1-11-19-8-14(28(29)30)27(11)9-13-23-24-17(25(13)2)31-10-12-20-15(18)22-16(21-12)26-6-4-3-5-7-26/h8H,3-7,9-10H2,1-2H3,(H2,18,20,21,22). The van der Waals surface area contributed by atoms with Crippen molar-refractivity contribution in [1.82, 2.24) is 39.3 Å². The third-order valence-corrected chi connectivity index (χ3v) is 6.12. The molecule has 0 atom stereocenters. The van der Waals surface area contributed by atoms with Gasteiger partial charge in [0.05, 0.1) is 5.75 Å². The summed E-state index contributed by atoms with van der Waals surface area (Å²) in [5.41, 5.74) is 5.90. The van der Waals surface area contributed by atoms with Crippen LogP contribution in [0.2, 0.25) is 0 Å². The van der Waals surface area contributed by atoms with Crippen LogP contribution in [0.25, 0.3) is 0 Å². The highest BCUT2D eigenvalue weighted by atomic mass is 32.2. The van der Waals surface area contributed by atoms with Gasteiger partial charge >= 0.3 is 5.82 Å². The number of anilines is 2. The minimum absolute atomic E-state index is 0.0828. The second-order valence-corrected chi connectivity index (χ2v) is 8.15. The van der Waals surface area contributed by atoms with Crippen LogP contribution in [0.5, 0.6) is 0 Å². The molecule has 0 bridgehead atoms. The van der Waals surface area contributed by atoms with Crippen LogP contribution in [0.15, 0.2) is 11.4 Å². The van der Waals surface area contributed by atoms with Crippen LogP contribution in [0.3, 0.4) is 0 Å². The lowest BCUT2D eigenvalue weighted by Gasteiger charge is -2.26. The lowest BCUT2D eigenvalue weighted by Crippen LogP contribution is -2.31. The number of piperidine rings is 1. The van der Waals surface area contributed by atoms with E-state index in [4.69, 9.17) is 5.73 Å². The minimum Gasteiger partial charge on any atom is -0.368 e. The average molecular weight is 446 g/mol. The molecule has 0 amide bonds. The summed E-state index contributed by atoms with van der Waals surface area (Å²) in [6.07, 6.45) is 4.69. The van der Waals surface area contributed by atoms with Gasteiger partial charge in [0.2, 0.25) is 11.9 Å². The molecule has 3 aromatic heterocycles. The molecule has 0 saturated carbocycles. The summed E-state index contributed by atoms with van der Waals surface area (Å²) in [6, 6.07) is 0. The van der Waals surface area contributed by atoms with Gasteiger partial charge in [-0.15, -0.1) is 10.2 Å².